The maximum atomic E-state index is 12.9. The monoisotopic (exact) mass is 242 g/mol. The van der Waals surface area contributed by atoms with Gasteiger partial charge in [-0.1, -0.05) is 19.9 Å². The third kappa shape index (κ3) is 4.96. The minimum Gasteiger partial charge on any atom is -0.271 e. The molecule has 0 fully saturated rings. The molecule has 0 heterocycles. The fourth-order valence-electron chi connectivity index (χ4n) is 1.51. The van der Waals surface area contributed by atoms with Gasteiger partial charge in [-0.15, -0.1) is 11.8 Å². The van der Waals surface area contributed by atoms with Crippen molar-refractivity contribution in [3.05, 3.63) is 30.1 Å². The van der Waals surface area contributed by atoms with Crippen molar-refractivity contribution in [1.82, 2.24) is 5.43 Å². The van der Waals surface area contributed by atoms with Crippen molar-refractivity contribution in [2.75, 3.05) is 5.75 Å². The number of nitrogens with two attached hydrogens (primary N) is 1. The molecule has 0 aromatic heterocycles. The highest BCUT2D eigenvalue weighted by Crippen LogP contribution is 2.21. The molecule has 0 spiro atoms. The quantitative estimate of drug-likeness (QED) is 0.457. The Labute approximate surface area is 101 Å². The highest BCUT2D eigenvalue weighted by Gasteiger charge is 2.09. The Hall–Kier alpha value is -0.580. The zero-order valence-electron chi connectivity index (χ0n) is 9.74. The predicted octanol–water partition coefficient (Wildman–Crippen LogP) is 2.80. The summed E-state index contributed by atoms with van der Waals surface area (Å²) < 4.78 is 12.9. The highest BCUT2D eigenvalue weighted by molar-refractivity contribution is 7.99. The highest BCUT2D eigenvalue weighted by atomic mass is 32.2. The summed E-state index contributed by atoms with van der Waals surface area (Å²) in [5.41, 5.74) is 2.80. The van der Waals surface area contributed by atoms with E-state index in [1.165, 1.54) is 6.07 Å². The molecule has 90 valence electrons. The zero-order valence-corrected chi connectivity index (χ0v) is 10.6. The molecule has 0 amide bonds. The van der Waals surface area contributed by atoms with Crippen LogP contribution >= 0.6 is 11.8 Å². The number of hydrogen-bond acceptors (Lipinski definition) is 3. The Kier molecular flexibility index (Phi) is 5.80. The van der Waals surface area contributed by atoms with Gasteiger partial charge in [-0.3, -0.25) is 11.3 Å². The van der Waals surface area contributed by atoms with Crippen LogP contribution in [-0.4, -0.2) is 11.8 Å². The van der Waals surface area contributed by atoms with E-state index in [9.17, 15) is 4.39 Å². The molecule has 4 heteroatoms. The summed E-state index contributed by atoms with van der Waals surface area (Å²) in [6.45, 7) is 4.33. The number of benzene rings is 1. The molecule has 0 aliphatic carbocycles. The van der Waals surface area contributed by atoms with E-state index in [2.05, 4.69) is 19.3 Å². The SMILES string of the molecule is CC(C)CC(CSc1cccc(F)c1)NN. The summed E-state index contributed by atoms with van der Waals surface area (Å²) in [6.07, 6.45) is 1.03. The van der Waals surface area contributed by atoms with Gasteiger partial charge in [0.2, 0.25) is 0 Å². The van der Waals surface area contributed by atoms with E-state index in [4.69, 9.17) is 5.84 Å². The summed E-state index contributed by atoms with van der Waals surface area (Å²) >= 11 is 1.63. The standard InChI is InChI=1S/C12H19FN2S/c1-9(2)6-11(15-14)8-16-12-5-3-4-10(13)7-12/h3-5,7,9,11,15H,6,8,14H2,1-2H3. The number of hydrogen-bond donors (Lipinski definition) is 2. The molecule has 1 aromatic rings. The van der Waals surface area contributed by atoms with Gasteiger partial charge in [-0.25, -0.2) is 4.39 Å². The van der Waals surface area contributed by atoms with Crippen molar-refractivity contribution in [3.8, 4) is 0 Å². The van der Waals surface area contributed by atoms with Crippen molar-refractivity contribution in [1.29, 1.82) is 0 Å². The van der Waals surface area contributed by atoms with Gasteiger partial charge in [0, 0.05) is 16.7 Å². The van der Waals surface area contributed by atoms with Gasteiger partial charge in [-0.2, -0.15) is 0 Å². The lowest BCUT2D eigenvalue weighted by Gasteiger charge is -2.17. The molecule has 1 atom stereocenters. The van der Waals surface area contributed by atoms with Gasteiger partial charge < -0.3 is 0 Å². The van der Waals surface area contributed by atoms with Crippen molar-refractivity contribution >= 4 is 11.8 Å². The van der Waals surface area contributed by atoms with E-state index in [1.54, 1.807) is 23.9 Å². The molecule has 0 bridgehead atoms. The van der Waals surface area contributed by atoms with Gasteiger partial charge in [-0.05, 0) is 30.5 Å². The molecule has 2 nitrogen and oxygen atoms in total. The van der Waals surface area contributed by atoms with Crippen LogP contribution in [0.15, 0.2) is 29.2 Å². The van der Waals surface area contributed by atoms with E-state index in [0.717, 1.165) is 17.1 Å². The van der Waals surface area contributed by atoms with Gasteiger partial charge in [0.15, 0.2) is 0 Å². The Morgan fingerprint density at radius 2 is 2.19 bits per heavy atom. The molecular formula is C12H19FN2S. The van der Waals surface area contributed by atoms with Crippen molar-refractivity contribution in [2.24, 2.45) is 11.8 Å². The van der Waals surface area contributed by atoms with E-state index in [0.29, 0.717) is 5.92 Å². The van der Waals surface area contributed by atoms with Crippen LogP contribution in [0.5, 0.6) is 0 Å². The van der Waals surface area contributed by atoms with Crippen LogP contribution in [0.25, 0.3) is 0 Å². The fraction of sp³-hybridized carbons (Fsp3) is 0.500. The molecule has 1 unspecified atom stereocenters. The first kappa shape index (κ1) is 13.5. The van der Waals surface area contributed by atoms with E-state index >= 15 is 0 Å². The second-order valence-electron chi connectivity index (χ2n) is 4.26. The number of halogens is 1. The zero-order chi connectivity index (χ0) is 12.0. The normalized spacial score (nSPS) is 13.1. The largest absolute Gasteiger partial charge is 0.271 e. The molecule has 1 aromatic carbocycles. The Morgan fingerprint density at radius 1 is 1.44 bits per heavy atom. The molecule has 16 heavy (non-hydrogen) atoms. The Bertz CT molecular complexity index is 318. The van der Waals surface area contributed by atoms with Gasteiger partial charge in [0.05, 0.1) is 0 Å². The number of rotatable bonds is 6. The van der Waals surface area contributed by atoms with Crippen molar-refractivity contribution < 1.29 is 4.39 Å². The minimum atomic E-state index is -0.189. The molecule has 1 rings (SSSR count). The fourth-order valence-corrected chi connectivity index (χ4v) is 2.50. The number of nitrogens with one attached hydrogen (secondary N) is 1. The molecule has 0 radical (unpaired) electrons. The van der Waals surface area contributed by atoms with Crippen LogP contribution in [0.4, 0.5) is 4.39 Å². The molecular weight excluding hydrogens is 223 g/mol. The molecule has 0 saturated carbocycles. The predicted molar refractivity (Wildman–Crippen MR) is 67.7 cm³/mol. The van der Waals surface area contributed by atoms with Gasteiger partial charge in [0.25, 0.3) is 0 Å². The minimum absolute atomic E-state index is 0.189. The van der Waals surface area contributed by atoms with E-state index in [1.807, 2.05) is 6.07 Å². The first-order valence-electron chi connectivity index (χ1n) is 5.46. The van der Waals surface area contributed by atoms with E-state index < -0.39 is 0 Å². The van der Waals surface area contributed by atoms with Crippen LogP contribution in [0.1, 0.15) is 20.3 Å². The second-order valence-corrected chi connectivity index (χ2v) is 5.35. The second kappa shape index (κ2) is 6.89. The summed E-state index contributed by atoms with van der Waals surface area (Å²) in [6, 6.07) is 6.92. The topological polar surface area (TPSA) is 38.0 Å². The van der Waals surface area contributed by atoms with Gasteiger partial charge >= 0.3 is 0 Å². The lowest BCUT2D eigenvalue weighted by atomic mass is 10.1. The average molecular weight is 242 g/mol. The summed E-state index contributed by atoms with van der Waals surface area (Å²) in [5.74, 6) is 6.75. The summed E-state index contributed by atoms with van der Waals surface area (Å²) in [7, 11) is 0. The summed E-state index contributed by atoms with van der Waals surface area (Å²) in [5, 5.41) is 0. The van der Waals surface area contributed by atoms with Crippen LogP contribution in [0.2, 0.25) is 0 Å². The van der Waals surface area contributed by atoms with Crippen molar-refractivity contribution in [2.45, 2.75) is 31.2 Å². The Balaban J connectivity index is 2.43. The lowest BCUT2D eigenvalue weighted by molar-refractivity contribution is 0.456. The molecule has 0 aliphatic rings. The molecule has 3 N–H and O–H groups in total. The van der Waals surface area contributed by atoms with Crippen LogP contribution < -0.4 is 11.3 Å². The van der Waals surface area contributed by atoms with Crippen LogP contribution in [0.3, 0.4) is 0 Å². The van der Waals surface area contributed by atoms with E-state index in [-0.39, 0.29) is 11.9 Å². The third-order valence-corrected chi connectivity index (χ3v) is 3.40. The van der Waals surface area contributed by atoms with Gasteiger partial charge in [0.1, 0.15) is 5.82 Å². The van der Waals surface area contributed by atoms with Crippen LogP contribution in [-0.2, 0) is 0 Å². The Morgan fingerprint density at radius 3 is 2.75 bits per heavy atom. The molecule has 0 aliphatic heterocycles. The first-order valence-corrected chi connectivity index (χ1v) is 6.45. The number of thioether (sulfide) groups is 1. The third-order valence-electron chi connectivity index (χ3n) is 2.24. The smallest absolute Gasteiger partial charge is 0.124 e. The number of hydrazine groups is 1. The lowest BCUT2D eigenvalue weighted by Crippen LogP contribution is -2.37. The maximum Gasteiger partial charge on any atom is 0.124 e. The van der Waals surface area contributed by atoms with Crippen molar-refractivity contribution in [3.63, 3.8) is 0 Å². The summed E-state index contributed by atoms with van der Waals surface area (Å²) in [4.78, 5) is 0.948. The first-order chi connectivity index (χ1) is 7.61. The maximum absolute atomic E-state index is 12.9. The molecule has 0 saturated heterocycles. The van der Waals surface area contributed by atoms with Crippen LogP contribution in [0, 0.1) is 11.7 Å². The average Bonchev–Trinajstić information content (AvgIpc) is 2.24.